The van der Waals surface area contributed by atoms with Crippen molar-refractivity contribution < 1.29 is 14.3 Å². The minimum absolute atomic E-state index is 0.0371. The van der Waals surface area contributed by atoms with Gasteiger partial charge in [-0.15, -0.1) is 11.8 Å². The first-order valence-corrected chi connectivity index (χ1v) is 11.6. The predicted octanol–water partition coefficient (Wildman–Crippen LogP) is 4.15. The number of carbonyl (C=O) groups excluding carboxylic acids is 2. The lowest BCUT2D eigenvalue weighted by atomic mass is 10.1. The van der Waals surface area contributed by atoms with E-state index in [1.807, 2.05) is 48.2 Å². The minimum Gasteiger partial charge on any atom is -0.487 e. The van der Waals surface area contributed by atoms with E-state index in [4.69, 9.17) is 16.3 Å². The van der Waals surface area contributed by atoms with E-state index >= 15 is 0 Å². The van der Waals surface area contributed by atoms with Crippen LogP contribution in [0.2, 0.25) is 5.02 Å². The molecule has 0 unspecified atom stereocenters. The molecule has 1 fully saturated rings. The first kappa shape index (κ1) is 21.6. The van der Waals surface area contributed by atoms with E-state index in [9.17, 15) is 9.59 Å². The minimum atomic E-state index is -0.296. The molecule has 0 aromatic heterocycles. The Morgan fingerprint density at radius 1 is 1.10 bits per heavy atom. The van der Waals surface area contributed by atoms with Crippen molar-refractivity contribution in [2.24, 2.45) is 0 Å². The van der Waals surface area contributed by atoms with Gasteiger partial charge in [-0.1, -0.05) is 23.7 Å². The second-order valence-corrected chi connectivity index (χ2v) is 8.86. The molecule has 2 aromatic rings. The number of rotatable bonds is 4. The van der Waals surface area contributed by atoms with Gasteiger partial charge in [0.25, 0.3) is 11.8 Å². The van der Waals surface area contributed by atoms with Gasteiger partial charge in [0.1, 0.15) is 0 Å². The summed E-state index contributed by atoms with van der Waals surface area (Å²) in [4.78, 5) is 29.6. The number of ether oxygens (including phenoxy) is 1. The summed E-state index contributed by atoms with van der Waals surface area (Å²) < 4.78 is 5.42. The van der Waals surface area contributed by atoms with Crippen LogP contribution in [-0.2, 0) is 9.53 Å². The zero-order valence-corrected chi connectivity index (χ0v) is 18.8. The molecular weight excluding hydrogens is 434 g/mol. The number of anilines is 2. The van der Waals surface area contributed by atoms with Gasteiger partial charge in [-0.2, -0.15) is 0 Å². The van der Waals surface area contributed by atoms with Crippen LogP contribution in [0.1, 0.15) is 15.9 Å². The third kappa shape index (κ3) is 5.17. The standard InChI is InChI=1S/C23H24ClN3O3S/c1-16-5-6-17(13-20(16)25-22(28)21-15-31-12-11-30-21)23(29)27-9-7-26(8-10-27)19-4-2-3-18(24)14-19/h2-6,13-15H,7-12H2,1H3,(H,25,28). The molecule has 162 valence electrons. The van der Waals surface area contributed by atoms with Gasteiger partial charge >= 0.3 is 0 Å². The first-order chi connectivity index (χ1) is 15.0. The topological polar surface area (TPSA) is 61.9 Å². The molecular formula is C23H24ClN3O3S. The van der Waals surface area contributed by atoms with E-state index in [0.717, 1.165) is 30.1 Å². The van der Waals surface area contributed by atoms with Crippen molar-refractivity contribution in [1.82, 2.24) is 4.90 Å². The number of halogens is 1. The van der Waals surface area contributed by atoms with Crippen LogP contribution in [0.3, 0.4) is 0 Å². The number of hydrogen-bond donors (Lipinski definition) is 1. The van der Waals surface area contributed by atoms with Gasteiger partial charge in [0, 0.05) is 59.3 Å². The summed E-state index contributed by atoms with van der Waals surface area (Å²) in [5.41, 5.74) is 3.13. The molecule has 8 heteroatoms. The molecule has 1 N–H and O–H groups in total. The summed E-state index contributed by atoms with van der Waals surface area (Å²) in [5, 5.41) is 5.31. The lowest BCUT2D eigenvalue weighted by molar-refractivity contribution is -0.116. The van der Waals surface area contributed by atoms with Crippen LogP contribution in [0, 0.1) is 6.92 Å². The van der Waals surface area contributed by atoms with Crippen LogP contribution in [0.15, 0.2) is 53.6 Å². The van der Waals surface area contributed by atoms with E-state index in [1.54, 1.807) is 23.2 Å². The monoisotopic (exact) mass is 457 g/mol. The zero-order chi connectivity index (χ0) is 21.8. The van der Waals surface area contributed by atoms with E-state index < -0.39 is 0 Å². The van der Waals surface area contributed by atoms with Gasteiger partial charge in [0.05, 0.1) is 6.61 Å². The Labute approximate surface area is 191 Å². The number of nitrogens with one attached hydrogen (secondary N) is 1. The van der Waals surface area contributed by atoms with Crippen molar-refractivity contribution in [3.05, 3.63) is 69.8 Å². The molecule has 2 heterocycles. The first-order valence-electron chi connectivity index (χ1n) is 10.2. The average Bonchev–Trinajstić information content (AvgIpc) is 2.80. The van der Waals surface area contributed by atoms with Gasteiger partial charge in [0.15, 0.2) is 5.76 Å². The van der Waals surface area contributed by atoms with Gasteiger partial charge in [-0.25, -0.2) is 0 Å². The normalized spacial score (nSPS) is 16.4. The Morgan fingerprint density at radius 2 is 1.90 bits per heavy atom. The van der Waals surface area contributed by atoms with Crippen molar-refractivity contribution in [1.29, 1.82) is 0 Å². The Bertz CT molecular complexity index is 1020. The second kappa shape index (κ2) is 9.66. The number of nitrogens with zero attached hydrogens (tertiary/aromatic N) is 2. The lowest BCUT2D eigenvalue weighted by Crippen LogP contribution is -2.48. The molecule has 0 saturated carbocycles. The fourth-order valence-electron chi connectivity index (χ4n) is 3.58. The van der Waals surface area contributed by atoms with E-state index in [1.165, 1.54) is 0 Å². The summed E-state index contributed by atoms with van der Waals surface area (Å²) in [6.45, 7) is 5.15. The second-order valence-electron chi connectivity index (χ2n) is 7.44. The molecule has 1 saturated heterocycles. The molecule has 0 aliphatic carbocycles. The quantitative estimate of drug-likeness (QED) is 0.747. The molecule has 0 atom stereocenters. The number of amides is 2. The molecule has 31 heavy (non-hydrogen) atoms. The summed E-state index contributed by atoms with van der Waals surface area (Å²) in [7, 11) is 0. The maximum atomic E-state index is 13.1. The molecule has 4 rings (SSSR count). The Morgan fingerprint density at radius 3 is 2.61 bits per heavy atom. The molecule has 6 nitrogen and oxygen atoms in total. The molecule has 2 aliphatic heterocycles. The number of hydrogen-bond acceptors (Lipinski definition) is 5. The summed E-state index contributed by atoms with van der Waals surface area (Å²) >= 11 is 7.65. The van der Waals surface area contributed by atoms with Gasteiger partial charge < -0.3 is 19.9 Å². The third-order valence-electron chi connectivity index (χ3n) is 5.35. The highest BCUT2D eigenvalue weighted by Crippen LogP contribution is 2.24. The number of thioether (sulfide) groups is 1. The van der Waals surface area contributed by atoms with E-state index in [0.29, 0.717) is 41.7 Å². The maximum absolute atomic E-state index is 13.1. The number of aryl methyl sites for hydroxylation is 1. The molecule has 2 aromatic carbocycles. The van der Waals surface area contributed by atoms with Crippen LogP contribution in [0.5, 0.6) is 0 Å². The maximum Gasteiger partial charge on any atom is 0.291 e. The van der Waals surface area contributed by atoms with E-state index in [2.05, 4.69) is 10.2 Å². The number of piperazine rings is 1. The van der Waals surface area contributed by atoms with Crippen LogP contribution >= 0.6 is 23.4 Å². The van der Waals surface area contributed by atoms with Crippen molar-refractivity contribution in [2.75, 3.05) is 48.8 Å². The largest absolute Gasteiger partial charge is 0.487 e. The van der Waals surface area contributed by atoms with E-state index in [-0.39, 0.29) is 11.8 Å². The van der Waals surface area contributed by atoms with Crippen LogP contribution in [-0.4, -0.2) is 55.3 Å². The summed E-state index contributed by atoms with van der Waals surface area (Å²) in [5.74, 6) is 0.814. The number of benzene rings is 2. The Balaban J connectivity index is 1.41. The van der Waals surface area contributed by atoms with Gasteiger partial charge in [0.2, 0.25) is 0 Å². The van der Waals surface area contributed by atoms with Gasteiger partial charge in [-0.05, 0) is 42.8 Å². The summed E-state index contributed by atoms with van der Waals surface area (Å²) in [6, 6.07) is 13.2. The van der Waals surface area contributed by atoms with Crippen LogP contribution in [0.25, 0.3) is 0 Å². The van der Waals surface area contributed by atoms with Crippen LogP contribution in [0.4, 0.5) is 11.4 Å². The van der Waals surface area contributed by atoms with Crippen molar-refractivity contribution in [3.8, 4) is 0 Å². The third-order valence-corrected chi connectivity index (χ3v) is 6.36. The SMILES string of the molecule is Cc1ccc(C(=O)N2CCN(c3cccc(Cl)c3)CC2)cc1NC(=O)C1=CSCCO1. The summed E-state index contributed by atoms with van der Waals surface area (Å²) in [6.07, 6.45) is 0. The molecule has 2 aliphatic rings. The highest BCUT2D eigenvalue weighted by molar-refractivity contribution is 8.02. The lowest BCUT2D eigenvalue weighted by Gasteiger charge is -2.36. The van der Waals surface area contributed by atoms with Crippen molar-refractivity contribution >= 4 is 46.6 Å². The molecule has 0 bridgehead atoms. The zero-order valence-electron chi connectivity index (χ0n) is 17.3. The fraction of sp³-hybridized carbons (Fsp3) is 0.304. The predicted molar refractivity (Wildman–Crippen MR) is 126 cm³/mol. The molecule has 0 spiro atoms. The van der Waals surface area contributed by atoms with Crippen molar-refractivity contribution in [3.63, 3.8) is 0 Å². The van der Waals surface area contributed by atoms with Crippen molar-refractivity contribution in [2.45, 2.75) is 6.92 Å². The highest BCUT2D eigenvalue weighted by Gasteiger charge is 2.23. The Hall–Kier alpha value is -2.64. The molecule has 0 radical (unpaired) electrons. The fourth-order valence-corrected chi connectivity index (χ4v) is 4.39. The number of carbonyl (C=O) groups is 2. The smallest absolute Gasteiger partial charge is 0.291 e. The van der Waals surface area contributed by atoms with Crippen LogP contribution < -0.4 is 10.2 Å². The van der Waals surface area contributed by atoms with Gasteiger partial charge in [-0.3, -0.25) is 9.59 Å². The highest BCUT2D eigenvalue weighted by atomic mass is 35.5. The Kier molecular flexibility index (Phi) is 6.73. The average molecular weight is 458 g/mol. The molecule has 2 amide bonds.